The van der Waals surface area contributed by atoms with Crippen molar-refractivity contribution in [2.24, 2.45) is 0 Å². The van der Waals surface area contributed by atoms with Gasteiger partial charge in [0.05, 0.1) is 5.69 Å². The van der Waals surface area contributed by atoms with E-state index in [1.807, 2.05) is 42.5 Å². The van der Waals surface area contributed by atoms with Crippen molar-refractivity contribution < 1.29 is 9.59 Å². The zero-order valence-electron chi connectivity index (χ0n) is 14.7. The number of carbonyl (C=O) groups is 2. The lowest BCUT2D eigenvalue weighted by Gasteiger charge is -2.29. The van der Waals surface area contributed by atoms with E-state index in [-0.39, 0.29) is 11.8 Å². The van der Waals surface area contributed by atoms with Crippen molar-refractivity contribution in [3.63, 3.8) is 0 Å². The van der Waals surface area contributed by atoms with Gasteiger partial charge >= 0.3 is 0 Å². The summed E-state index contributed by atoms with van der Waals surface area (Å²) in [6.45, 7) is 1.64. The number of hydrogen-bond acceptors (Lipinski definition) is 4. The van der Waals surface area contributed by atoms with E-state index in [1.165, 1.54) is 23.1 Å². The molecule has 0 bridgehead atoms. The van der Waals surface area contributed by atoms with Crippen molar-refractivity contribution in [3.8, 4) is 0 Å². The van der Waals surface area contributed by atoms with Crippen molar-refractivity contribution in [1.82, 2.24) is 4.90 Å². The molecule has 2 aliphatic rings. The highest BCUT2D eigenvalue weighted by Gasteiger charge is 2.42. The molecule has 6 heteroatoms. The third kappa shape index (κ3) is 3.69. The molecule has 4 rings (SSSR count). The van der Waals surface area contributed by atoms with Crippen molar-refractivity contribution in [2.75, 3.05) is 18.0 Å². The van der Waals surface area contributed by atoms with Crippen LogP contribution < -0.4 is 4.90 Å². The number of rotatable bonds is 4. The van der Waals surface area contributed by atoms with E-state index >= 15 is 0 Å². The van der Waals surface area contributed by atoms with Crippen LogP contribution in [-0.4, -0.2) is 29.8 Å². The predicted octanol–water partition coefficient (Wildman–Crippen LogP) is 4.81. The zero-order chi connectivity index (χ0) is 18.8. The summed E-state index contributed by atoms with van der Waals surface area (Å²) in [7, 11) is 0. The Morgan fingerprint density at radius 3 is 2.15 bits per heavy atom. The Hall–Kier alpha value is -2.05. The number of carbonyl (C=O) groups excluding carboxylic acids is 2. The van der Waals surface area contributed by atoms with E-state index in [0.29, 0.717) is 16.3 Å². The molecule has 2 amide bonds. The van der Waals surface area contributed by atoms with Crippen LogP contribution in [0.1, 0.15) is 19.3 Å². The van der Waals surface area contributed by atoms with E-state index in [4.69, 9.17) is 0 Å². The quantitative estimate of drug-likeness (QED) is 0.636. The molecule has 0 N–H and O–H groups in total. The minimum atomic E-state index is -0.236. The lowest BCUT2D eigenvalue weighted by molar-refractivity contribution is -0.121. The second kappa shape index (κ2) is 7.90. The van der Waals surface area contributed by atoms with Gasteiger partial charge in [-0.2, -0.15) is 0 Å². The van der Waals surface area contributed by atoms with Gasteiger partial charge in [-0.1, -0.05) is 45.9 Å². The number of nitrogens with zero attached hydrogens (tertiary/aromatic N) is 2. The van der Waals surface area contributed by atoms with Gasteiger partial charge in [-0.25, -0.2) is 4.90 Å². The van der Waals surface area contributed by atoms with Gasteiger partial charge in [0.25, 0.3) is 11.8 Å². The third-order valence-electron chi connectivity index (χ3n) is 4.74. The summed E-state index contributed by atoms with van der Waals surface area (Å²) in [6, 6.07) is 17.0. The summed E-state index contributed by atoms with van der Waals surface area (Å²) in [6.07, 6.45) is 3.27. The SMILES string of the molecule is O=C1C(Sc2ccc(Br)cc2)=C(N2CCCCC2)C(=O)N1c1ccccc1. The van der Waals surface area contributed by atoms with E-state index in [0.717, 1.165) is 35.3 Å². The fraction of sp³-hybridized carbons (Fsp3) is 0.238. The molecule has 0 unspecified atom stereocenters. The number of amides is 2. The molecule has 0 spiro atoms. The van der Waals surface area contributed by atoms with Gasteiger partial charge in [-0.3, -0.25) is 9.59 Å². The van der Waals surface area contributed by atoms with Crippen LogP contribution in [0.15, 0.2) is 74.6 Å². The van der Waals surface area contributed by atoms with Crippen LogP contribution in [0.5, 0.6) is 0 Å². The molecular weight excluding hydrogens is 424 g/mol. The molecule has 2 aliphatic heterocycles. The molecule has 0 aromatic heterocycles. The van der Waals surface area contributed by atoms with Crippen molar-refractivity contribution in [1.29, 1.82) is 0 Å². The molecule has 0 aliphatic carbocycles. The first-order chi connectivity index (χ1) is 13.1. The van der Waals surface area contributed by atoms with Gasteiger partial charge in [-0.15, -0.1) is 0 Å². The molecule has 138 valence electrons. The first-order valence-corrected chi connectivity index (χ1v) is 10.6. The molecule has 0 saturated carbocycles. The topological polar surface area (TPSA) is 40.6 Å². The maximum absolute atomic E-state index is 13.3. The number of imide groups is 1. The average molecular weight is 443 g/mol. The molecule has 4 nitrogen and oxygen atoms in total. The van der Waals surface area contributed by atoms with E-state index in [9.17, 15) is 9.59 Å². The van der Waals surface area contributed by atoms with Crippen molar-refractivity contribution in [3.05, 3.63) is 69.7 Å². The lowest BCUT2D eigenvalue weighted by Crippen LogP contribution is -2.37. The van der Waals surface area contributed by atoms with Crippen LogP contribution in [0.25, 0.3) is 0 Å². The van der Waals surface area contributed by atoms with Crippen molar-refractivity contribution >= 4 is 45.2 Å². The van der Waals surface area contributed by atoms with Gasteiger partial charge in [0, 0.05) is 22.5 Å². The van der Waals surface area contributed by atoms with E-state index < -0.39 is 0 Å². The highest BCUT2D eigenvalue weighted by atomic mass is 79.9. The maximum atomic E-state index is 13.3. The Labute approximate surface area is 171 Å². The number of piperidine rings is 1. The monoisotopic (exact) mass is 442 g/mol. The Morgan fingerprint density at radius 2 is 1.48 bits per heavy atom. The van der Waals surface area contributed by atoms with Crippen LogP contribution >= 0.6 is 27.7 Å². The largest absolute Gasteiger partial charge is 0.366 e. The van der Waals surface area contributed by atoms with Crippen molar-refractivity contribution in [2.45, 2.75) is 24.2 Å². The summed E-state index contributed by atoms with van der Waals surface area (Å²) in [5.41, 5.74) is 1.17. The lowest BCUT2D eigenvalue weighted by atomic mass is 10.1. The number of thioether (sulfide) groups is 1. The van der Waals surface area contributed by atoms with Crippen LogP contribution in [-0.2, 0) is 9.59 Å². The summed E-state index contributed by atoms with van der Waals surface area (Å²) >= 11 is 4.81. The molecule has 1 saturated heterocycles. The first-order valence-electron chi connectivity index (χ1n) is 9.01. The summed E-state index contributed by atoms with van der Waals surface area (Å²) in [5.74, 6) is -0.451. The molecular formula is C21H19BrN2O2S. The summed E-state index contributed by atoms with van der Waals surface area (Å²) in [4.78, 5) is 31.4. The number of hydrogen-bond donors (Lipinski definition) is 0. The van der Waals surface area contributed by atoms with Gasteiger partial charge in [0.2, 0.25) is 0 Å². The van der Waals surface area contributed by atoms with Gasteiger partial charge < -0.3 is 4.90 Å². The van der Waals surface area contributed by atoms with Gasteiger partial charge in [-0.05, 0) is 55.7 Å². The highest BCUT2D eigenvalue weighted by Crippen LogP contribution is 2.39. The number of halogens is 1. The van der Waals surface area contributed by atoms with Crippen LogP contribution in [0.2, 0.25) is 0 Å². The average Bonchev–Trinajstić information content (AvgIpc) is 2.95. The standard InChI is InChI=1S/C21H19BrN2O2S/c22-15-9-11-17(12-10-15)27-19-18(23-13-5-2-6-14-23)20(25)24(21(19)26)16-7-3-1-4-8-16/h1,3-4,7-12H,2,5-6,13-14H2. The van der Waals surface area contributed by atoms with E-state index in [2.05, 4.69) is 20.8 Å². The van der Waals surface area contributed by atoms with Crippen LogP contribution in [0.3, 0.4) is 0 Å². The third-order valence-corrected chi connectivity index (χ3v) is 6.35. The zero-order valence-corrected chi connectivity index (χ0v) is 17.1. The number of para-hydroxylation sites is 1. The fourth-order valence-electron chi connectivity index (χ4n) is 3.42. The van der Waals surface area contributed by atoms with Crippen LogP contribution in [0.4, 0.5) is 5.69 Å². The normalized spacial score (nSPS) is 17.8. The predicted molar refractivity (Wildman–Crippen MR) is 111 cm³/mol. The summed E-state index contributed by atoms with van der Waals surface area (Å²) < 4.78 is 0.983. The molecule has 0 atom stereocenters. The molecule has 2 aromatic rings. The minimum Gasteiger partial charge on any atom is -0.366 e. The van der Waals surface area contributed by atoms with E-state index in [1.54, 1.807) is 12.1 Å². The molecule has 2 heterocycles. The first kappa shape index (κ1) is 18.3. The number of anilines is 1. The Bertz CT molecular complexity index is 890. The second-order valence-electron chi connectivity index (χ2n) is 6.56. The molecule has 1 fully saturated rings. The molecule has 0 radical (unpaired) electrons. The second-order valence-corrected chi connectivity index (χ2v) is 8.56. The Morgan fingerprint density at radius 1 is 0.815 bits per heavy atom. The molecule has 2 aromatic carbocycles. The smallest absolute Gasteiger partial charge is 0.283 e. The van der Waals surface area contributed by atoms with Crippen LogP contribution in [0, 0.1) is 0 Å². The van der Waals surface area contributed by atoms with Gasteiger partial charge in [0.1, 0.15) is 10.6 Å². The highest BCUT2D eigenvalue weighted by molar-refractivity contribution is 9.10. The Balaban J connectivity index is 1.73. The van der Waals surface area contributed by atoms with Gasteiger partial charge in [0.15, 0.2) is 0 Å². The summed E-state index contributed by atoms with van der Waals surface area (Å²) in [5, 5.41) is 0. The number of benzene rings is 2. The molecule has 27 heavy (non-hydrogen) atoms. The fourth-order valence-corrected chi connectivity index (χ4v) is 4.68. The number of likely N-dealkylation sites (tertiary alicyclic amines) is 1. The Kier molecular flexibility index (Phi) is 5.36. The maximum Gasteiger partial charge on any atom is 0.283 e. The minimum absolute atomic E-state index is 0.215.